The molecule has 2 rings (SSSR count). The summed E-state index contributed by atoms with van der Waals surface area (Å²) in [5.41, 5.74) is 0.838. The highest BCUT2D eigenvalue weighted by Crippen LogP contribution is 2.32. The van der Waals surface area contributed by atoms with Crippen LogP contribution < -0.4 is 0 Å². The maximum Gasteiger partial charge on any atom is 0.127 e. The van der Waals surface area contributed by atoms with Gasteiger partial charge in [0.1, 0.15) is 5.82 Å². The van der Waals surface area contributed by atoms with E-state index in [2.05, 4.69) is 39.5 Å². The first kappa shape index (κ1) is 19.2. The average molecular weight is 307 g/mol. The number of nitrogens with zero attached hydrogens (tertiary/aromatic N) is 1. The Balaban J connectivity index is 0.000000745. The van der Waals surface area contributed by atoms with E-state index in [9.17, 15) is 4.39 Å². The van der Waals surface area contributed by atoms with Crippen LogP contribution >= 0.6 is 0 Å². The Kier molecular flexibility index (Phi) is 8.70. The minimum absolute atomic E-state index is 0.0662. The van der Waals surface area contributed by atoms with Gasteiger partial charge in [-0.2, -0.15) is 0 Å². The Bertz CT molecular complexity index is 418. The van der Waals surface area contributed by atoms with E-state index in [0.717, 1.165) is 12.1 Å². The minimum atomic E-state index is -0.0662. The molecular weight excluding hydrogens is 273 g/mol. The van der Waals surface area contributed by atoms with Gasteiger partial charge in [0.05, 0.1) is 0 Å². The van der Waals surface area contributed by atoms with E-state index in [-0.39, 0.29) is 5.82 Å². The van der Waals surface area contributed by atoms with Gasteiger partial charge in [0.2, 0.25) is 0 Å². The molecule has 0 N–H and O–H groups in total. The highest BCUT2D eigenvalue weighted by molar-refractivity contribution is 5.17. The van der Waals surface area contributed by atoms with Crippen LogP contribution in [0.1, 0.15) is 72.3 Å². The van der Waals surface area contributed by atoms with Gasteiger partial charge in [-0.25, -0.2) is 4.39 Å². The highest BCUT2D eigenvalue weighted by atomic mass is 19.1. The van der Waals surface area contributed by atoms with Crippen LogP contribution in [0.4, 0.5) is 4.39 Å². The van der Waals surface area contributed by atoms with Crippen molar-refractivity contribution in [3.05, 3.63) is 35.6 Å². The third kappa shape index (κ3) is 5.39. The third-order valence-corrected chi connectivity index (χ3v) is 4.58. The van der Waals surface area contributed by atoms with Gasteiger partial charge >= 0.3 is 0 Å². The average Bonchev–Trinajstić information content (AvgIpc) is 2.84. The van der Waals surface area contributed by atoms with Crippen molar-refractivity contribution < 1.29 is 4.39 Å². The number of hydrogen-bond donors (Lipinski definition) is 0. The lowest BCUT2D eigenvalue weighted by Gasteiger charge is -2.32. The van der Waals surface area contributed by atoms with Crippen LogP contribution in [0, 0.1) is 11.7 Å². The van der Waals surface area contributed by atoms with Crippen LogP contribution in [0.2, 0.25) is 0 Å². The van der Waals surface area contributed by atoms with Gasteiger partial charge in [-0.05, 0) is 38.2 Å². The topological polar surface area (TPSA) is 3.24 Å². The molecule has 0 aromatic heterocycles. The molecule has 126 valence electrons. The fraction of sp³-hybridized carbons (Fsp3) is 0.700. The summed E-state index contributed by atoms with van der Waals surface area (Å²) in [6.45, 7) is 11.9. The number of likely N-dealkylation sites (tertiary alicyclic amines) is 1. The van der Waals surface area contributed by atoms with Crippen molar-refractivity contribution in [3.8, 4) is 0 Å². The Hall–Kier alpha value is -0.890. The van der Waals surface area contributed by atoms with E-state index in [0.29, 0.717) is 18.0 Å². The zero-order valence-electron chi connectivity index (χ0n) is 15.1. The standard InChI is InChI=1S/C17H26FN.C3H8/c1-4-7-13(2)17-11-10-14(3)19(17)12-15-8-5-6-9-16(15)18;1-3-2/h5-6,8-9,13-14,17H,4,7,10-12H2,1-3H3;3H2,1-2H3. The molecule has 1 aromatic carbocycles. The van der Waals surface area contributed by atoms with Crippen LogP contribution in [-0.2, 0) is 6.54 Å². The van der Waals surface area contributed by atoms with E-state index >= 15 is 0 Å². The smallest absolute Gasteiger partial charge is 0.127 e. The summed E-state index contributed by atoms with van der Waals surface area (Å²) >= 11 is 0. The fourth-order valence-electron chi connectivity index (χ4n) is 3.43. The second-order valence-corrected chi connectivity index (χ2v) is 6.73. The zero-order chi connectivity index (χ0) is 16.5. The Morgan fingerprint density at radius 3 is 2.41 bits per heavy atom. The monoisotopic (exact) mass is 307 g/mol. The van der Waals surface area contributed by atoms with Gasteiger partial charge in [-0.15, -0.1) is 0 Å². The largest absolute Gasteiger partial charge is 0.293 e. The van der Waals surface area contributed by atoms with Gasteiger partial charge in [0.15, 0.2) is 0 Å². The maximum absolute atomic E-state index is 13.8. The van der Waals surface area contributed by atoms with Crippen LogP contribution in [0.5, 0.6) is 0 Å². The Labute approximate surface area is 136 Å². The quantitative estimate of drug-likeness (QED) is 0.642. The molecule has 3 atom stereocenters. The first-order valence-electron chi connectivity index (χ1n) is 9.04. The van der Waals surface area contributed by atoms with Crippen LogP contribution in [0.3, 0.4) is 0 Å². The van der Waals surface area contributed by atoms with E-state index in [1.807, 2.05) is 12.1 Å². The van der Waals surface area contributed by atoms with Crippen molar-refractivity contribution in [2.24, 2.45) is 5.92 Å². The normalized spacial score (nSPS) is 23.0. The molecule has 1 nitrogen and oxygen atoms in total. The van der Waals surface area contributed by atoms with Gasteiger partial charge in [0, 0.05) is 24.2 Å². The molecular formula is C20H34FN. The molecule has 3 unspecified atom stereocenters. The second-order valence-electron chi connectivity index (χ2n) is 6.73. The van der Waals surface area contributed by atoms with E-state index < -0.39 is 0 Å². The molecule has 1 fully saturated rings. The predicted octanol–water partition coefficient (Wildman–Crippen LogP) is 6.03. The number of rotatable bonds is 5. The lowest BCUT2D eigenvalue weighted by molar-refractivity contribution is 0.145. The Morgan fingerprint density at radius 2 is 1.82 bits per heavy atom. The van der Waals surface area contributed by atoms with Crippen molar-refractivity contribution in [1.29, 1.82) is 0 Å². The summed E-state index contributed by atoms with van der Waals surface area (Å²) in [6, 6.07) is 8.38. The SMILES string of the molecule is CCC.CCCC(C)C1CCC(C)N1Cc1ccccc1F. The van der Waals surface area contributed by atoms with Crippen molar-refractivity contribution in [1.82, 2.24) is 4.90 Å². The van der Waals surface area contributed by atoms with E-state index in [4.69, 9.17) is 0 Å². The molecule has 1 aromatic rings. The molecule has 1 aliphatic heterocycles. The summed E-state index contributed by atoms with van der Waals surface area (Å²) in [7, 11) is 0. The van der Waals surface area contributed by atoms with Gasteiger partial charge in [-0.1, -0.05) is 58.7 Å². The van der Waals surface area contributed by atoms with E-state index in [1.165, 1.54) is 32.1 Å². The molecule has 0 amide bonds. The van der Waals surface area contributed by atoms with Crippen LogP contribution in [-0.4, -0.2) is 17.0 Å². The van der Waals surface area contributed by atoms with Gasteiger partial charge in [0.25, 0.3) is 0 Å². The molecule has 0 saturated carbocycles. The summed E-state index contributed by atoms with van der Waals surface area (Å²) in [5.74, 6) is 0.644. The van der Waals surface area contributed by atoms with Crippen molar-refractivity contribution in [2.75, 3.05) is 0 Å². The summed E-state index contributed by atoms with van der Waals surface area (Å²) < 4.78 is 13.8. The van der Waals surface area contributed by atoms with Crippen LogP contribution in [0.25, 0.3) is 0 Å². The van der Waals surface area contributed by atoms with Crippen molar-refractivity contribution in [2.45, 2.75) is 85.4 Å². The lowest BCUT2D eigenvalue weighted by atomic mass is 9.95. The lowest BCUT2D eigenvalue weighted by Crippen LogP contribution is -2.38. The minimum Gasteiger partial charge on any atom is -0.293 e. The summed E-state index contributed by atoms with van der Waals surface area (Å²) in [5, 5.41) is 0. The molecule has 2 heteroatoms. The first-order chi connectivity index (χ1) is 10.5. The molecule has 0 aliphatic carbocycles. The van der Waals surface area contributed by atoms with Crippen LogP contribution in [0.15, 0.2) is 24.3 Å². The molecule has 1 saturated heterocycles. The number of hydrogen-bond acceptors (Lipinski definition) is 1. The van der Waals surface area contributed by atoms with E-state index in [1.54, 1.807) is 12.1 Å². The molecule has 0 radical (unpaired) electrons. The summed E-state index contributed by atoms with van der Waals surface area (Å²) in [6.07, 6.45) is 6.26. The first-order valence-corrected chi connectivity index (χ1v) is 9.04. The molecule has 1 aliphatic rings. The van der Waals surface area contributed by atoms with Gasteiger partial charge < -0.3 is 0 Å². The second kappa shape index (κ2) is 9.99. The van der Waals surface area contributed by atoms with Crippen molar-refractivity contribution >= 4 is 0 Å². The molecule has 0 bridgehead atoms. The fourth-order valence-corrected chi connectivity index (χ4v) is 3.43. The Morgan fingerprint density at radius 1 is 1.18 bits per heavy atom. The molecule has 1 heterocycles. The number of halogens is 1. The maximum atomic E-state index is 13.8. The highest BCUT2D eigenvalue weighted by Gasteiger charge is 2.33. The predicted molar refractivity (Wildman–Crippen MR) is 94.5 cm³/mol. The molecule has 22 heavy (non-hydrogen) atoms. The summed E-state index contributed by atoms with van der Waals surface area (Å²) in [4.78, 5) is 2.51. The zero-order valence-corrected chi connectivity index (χ0v) is 15.1. The third-order valence-electron chi connectivity index (χ3n) is 4.58. The van der Waals surface area contributed by atoms with Crippen molar-refractivity contribution in [3.63, 3.8) is 0 Å². The van der Waals surface area contributed by atoms with Gasteiger partial charge in [-0.3, -0.25) is 4.90 Å². The molecule has 0 spiro atoms. The number of benzene rings is 1.